The van der Waals surface area contributed by atoms with Crippen LogP contribution < -0.4 is 10.6 Å². The second kappa shape index (κ2) is 12.4. The van der Waals surface area contributed by atoms with Gasteiger partial charge in [-0.1, -0.05) is 42.5 Å². The topological polar surface area (TPSA) is 72.1 Å². The second-order valence-electron chi connectivity index (χ2n) is 8.04. The number of hydrogen-bond acceptors (Lipinski definition) is 3. The Kier molecular flexibility index (Phi) is 9.26. The molecule has 0 aliphatic carbocycles. The van der Waals surface area contributed by atoms with Crippen molar-refractivity contribution in [3.63, 3.8) is 0 Å². The molecule has 0 fully saturated rings. The van der Waals surface area contributed by atoms with Crippen molar-refractivity contribution in [2.75, 3.05) is 6.54 Å². The first-order valence-corrected chi connectivity index (χ1v) is 11.3. The molecular weight excluding hydrogens is 537 g/mol. The van der Waals surface area contributed by atoms with Crippen LogP contribution >= 0.6 is 24.0 Å². The van der Waals surface area contributed by atoms with E-state index in [1.54, 1.807) is 6.20 Å². The van der Waals surface area contributed by atoms with Crippen LogP contribution in [-0.2, 0) is 19.6 Å². The number of aryl methyl sites for hydroxylation is 2. The highest BCUT2D eigenvalue weighted by Gasteiger charge is 2.09. The monoisotopic (exact) mass is 569 g/mol. The molecule has 0 aliphatic rings. The maximum absolute atomic E-state index is 4.81. The molecule has 0 atom stereocenters. The van der Waals surface area contributed by atoms with Crippen molar-refractivity contribution >= 4 is 29.9 Å². The molecule has 0 saturated carbocycles. The van der Waals surface area contributed by atoms with Gasteiger partial charge in [0.2, 0.25) is 0 Å². The van der Waals surface area contributed by atoms with Crippen LogP contribution in [0.5, 0.6) is 0 Å². The second-order valence-corrected chi connectivity index (χ2v) is 8.04. The predicted octanol–water partition coefficient (Wildman–Crippen LogP) is 4.61. The number of halogens is 1. The Bertz CT molecular complexity index is 1210. The smallest absolute Gasteiger partial charge is 0.191 e. The normalized spacial score (nSPS) is 11.2. The lowest BCUT2D eigenvalue weighted by atomic mass is 10.1. The molecule has 178 valence electrons. The summed E-state index contributed by atoms with van der Waals surface area (Å²) in [7, 11) is 0. The van der Waals surface area contributed by atoms with E-state index in [1.165, 1.54) is 11.1 Å². The molecule has 0 aliphatic heterocycles. The van der Waals surface area contributed by atoms with E-state index in [4.69, 9.17) is 4.99 Å². The van der Waals surface area contributed by atoms with E-state index in [0.717, 1.165) is 41.7 Å². The molecule has 0 amide bonds. The summed E-state index contributed by atoms with van der Waals surface area (Å²) in [5, 5.41) is 15.8. The maximum atomic E-state index is 4.81. The number of aromatic nitrogens is 4. The highest BCUT2D eigenvalue weighted by molar-refractivity contribution is 14.0. The van der Waals surface area contributed by atoms with Crippen LogP contribution in [0.4, 0.5) is 0 Å². The van der Waals surface area contributed by atoms with Crippen LogP contribution in [0.25, 0.3) is 5.69 Å². The van der Waals surface area contributed by atoms with Crippen molar-refractivity contribution in [3.05, 3.63) is 101 Å². The standard InChI is InChI=1S/C26H31N7.HI/c1-4-27-26(28-17-22-9-7-10-23(16-22)19-32-14-8-13-30-32)29-18-24-11-5-6-12-25(24)33-21(3)15-20(2)31-33;/h5-16H,4,17-19H2,1-3H3,(H2,27,28,29);1H. The molecule has 0 radical (unpaired) electrons. The number of nitrogens with one attached hydrogen (secondary N) is 2. The summed E-state index contributed by atoms with van der Waals surface area (Å²) in [5.74, 6) is 0.790. The number of aliphatic imine (C=N–C) groups is 1. The first-order valence-electron chi connectivity index (χ1n) is 11.3. The fraction of sp³-hybridized carbons (Fsp3) is 0.269. The Hall–Kier alpha value is -3.14. The quantitative estimate of drug-likeness (QED) is 0.185. The number of nitrogens with zero attached hydrogens (tertiary/aromatic N) is 5. The summed E-state index contributed by atoms with van der Waals surface area (Å²) in [6, 6.07) is 20.9. The van der Waals surface area contributed by atoms with E-state index in [1.807, 2.05) is 34.6 Å². The van der Waals surface area contributed by atoms with Crippen molar-refractivity contribution in [2.24, 2.45) is 4.99 Å². The van der Waals surface area contributed by atoms with Gasteiger partial charge in [0.05, 0.1) is 24.5 Å². The average molecular weight is 569 g/mol. The number of benzene rings is 2. The SMILES string of the molecule is CCNC(=NCc1cccc(Cn2cccn2)c1)NCc1ccccc1-n1nc(C)cc1C.I. The van der Waals surface area contributed by atoms with Gasteiger partial charge in [-0.3, -0.25) is 4.68 Å². The number of hydrogen-bond donors (Lipinski definition) is 2. The van der Waals surface area contributed by atoms with Gasteiger partial charge in [0.1, 0.15) is 0 Å². The lowest BCUT2D eigenvalue weighted by molar-refractivity contribution is 0.686. The van der Waals surface area contributed by atoms with Crippen molar-refractivity contribution in [2.45, 2.75) is 40.4 Å². The van der Waals surface area contributed by atoms with Gasteiger partial charge in [-0.15, -0.1) is 24.0 Å². The van der Waals surface area contributed by atoms with Gasteiger partial charge in [-0.2, -0.15) is 10.2 Å². The van der Waals surface area contributed by atoms with Gasteiger partial charge in [0, 0.05) is 31.2 Å². The minimum atomic E-state index is 0. The lowest BCUT2D eigenvalue weighted by Crippen LogP contribution is -2.37. The molecule has 4 aromatic rings. The van der Waals surface area contributed by atoms with Crippen LogP contribution in [0.2, 0.25) is 0 Å². The molecule has 0 unspecified atom stereocenters. The van der Waals surface area contributed by atoms with Gasteiger partial charge in [0.25, 0.3) is 0 Å². The Morgan fingerprint density at radius 3 is 2.53 bits per heavy atom. The molecule has 4 rings (SSSR count). The Balaban J connectivity index is 0.00000324. The van der Waals surface area contributed by atoms with E-state index >= 15 is 0 Å². The summed E-state index contributed by atoms with van der Waals surface area (Å²) in [6.07, 6.45) is 3.78. The molecule has 2 aromatic heterocycles. The summed E-state index contributed by atoms with van der Waals surface area (Å²) in [6.45, 7) is 8.98. The number of guanidine groups is 1. The number of rotatable bonds is 8. The van der Waals surface area contributed by atoms with Crippen LogP contribution in [-0.4, -0.2) is 32.1 Å². The minimum Gasteiger partial charge on any atom is -0.357 e. The zero-order valence-corrected chi connectivity index (χ0v) is 22.2. The predicted molar refractivity (Wildman–Crippen MR) is 148 cm³/mol. The molecule has 2 heterocycles. The third-order valence-electron chi connectivity index (χ3n) is 5.33. The van der Waals surface area contributed by atoms with Gasteiger partial charge in [-0.05, 0) is 55.7 Å². The van der Waals surface area contributed by atoms with E-state index in [-0.39, 0.29) is 24.0 Å². The molecule has 34 heavy (non-hydrogen) atoms. The fourth-order valence-corrected chi connectivity index (χ4v) is 3.84. The van der Waals surface area contributed by atoms with Gasteiger partial charge in [0.15, 0.2) is 5.96 Å². The van der Waals surface area contributed by atoms with Crippen molar-refractivity contribution in [1.29, 1.82) is 0 Å². The number of para-hydroxylation sites is 1. The molecule has 0 bridgehead atoms. The molecule has 2 N–H and O–H groups in total. The largest absolute Gasteiger partial charge is 0.357 e. The molecular formula is C26H32IN7. The molecule has 7 nitrogen and oxygen atoms in total. The van der Waals surface area contributed by atoms with E-state index in [2.05, 4.69) is 83.2 Å². The lowest BCUT2D eigenvalue weighted by Gasteiger charge is -2.15. The van der Waals surface area contributed by atoms with Crippen molar-refractivity contribution in [1.82, 2.24) is 30.2 Å². The fourth-order valence-electron chi connectivity index (χ4n) is 3.84. The summed E-state index contributed by atoms with van der Waals surface area (Å²) in [4.78, 5) is 4.81. The van der Waals surface area contributed by atoms with Crippen LogP contribution in [0.3, 0.4) is 0 Å². The maximum Gasteiger partial charge on any atom is 0.191 e. The van der Waals surface area contributed by atoms with E-state index < -0.39 is 0 Å². The first-order chi connectivity index (χ1) is 16.1. The molecule has 0 spiro atoms. The zero-order chi connectivity index (χ0) is 23.0. The highest BCUT2D eigenvalue weighted by atomic mass is 127. The van der Waals surface area contributed by atoms with E-state index in [9.17, 15) is 0 Å². The van der Waals surface area contributed by atoms with Crippen molar-refractivity contribution < 1.29 is 0 Å². The molecule has 8 heteroatoms. The summed E-state index contributed by atoms with van der Waals surface area (Å²) in [5.41, 5.74) is 6.76. The van der Waals surface area contributed by atoms with E-state index in [0.29, 0.717) is 13.1 Å². The van der Waals surface area contributed by atoms with Gasteiger partial charge < -0.3 is 10.6 Å². The minimum absolute atomic E-state index is 0. The average Bonchev–Trinajstić information content (AvgIpc) is 3.45. The van der Waals surface area contributed by atoms with Gasteiger partial charge >= 0.3 is 0 Å². The third kappa shape index (κ3) is 6.69. The Labute approximate surface area is 218 Å². The highest BCUT2D eigenvalue weighted by Crippen LogP contribution is 2.17. The van der Waals surface area contributed by atoms with Crippen molar-refractivity contribution in [3.8, 4) is 5.69 Å². The summed E-state index contributed by atoms with van der Waals surface area (Å²) >= 11 is 0. The third-order valence-corrected chi connectivity index (χ3v) is 5.33. The van der Waals surface area contributed by atoms with Gasteiger partial charge in [-0.25, -0.2) is 9.67 Å². The molecule has 2 aromatic carbocycles. The van der Waals surface area contributed by atoms with Crippen LogP contribution in [0, 0.1) is 13.8 Å². The Morgan fingerprint density at radius 1 is 0.971 bits per heavy atom. The first kappa shape index (κ1) is 25.5. The summed E-state index contributed by atoms with van der Waals surface area (Å²) < 4.78 is 3.93. The van der Waals surface area contributed by atoms with Crippen LogP contribution in [0.15, 0.2) is 78.0 Å². The molecule has 0 saturated heterocycles. The van der Waals surface area contributed by atoms with Crippen LogP contribution in [0.1, 0.15) is 35.0 Å². The zero-order valence-electron chi connectivity index (χ0n) is 19.9. The Morgan fingerprint density at radius 2 is 1.79 bits per heavy atom.